The number of morpholine rings is 1. The Morgan fingerprint density at radius 3 is 2.52 bits per heavy atom. The Bertz CT molecular complexity index is 787. The van der Waals surface area contributed by atoms with Crippen LogP contribution in [-0.2, 0) is 22.3 Å². The Hall–Kier alpha value is -2.03. The summed E-state index contributed by atoms with van der Waals surface area (Å²) in [6.45, 7) is 4.64. The molecule has 160 valence electrons. The van der Waals surface area contributed by atoms with Gasteiger partial charge in [-0.3, -0.25) is 4.79 Å². The van der Waals surface area contributed by atoms with Gasteiger partial charge >= 0.3 is 6.18 Å². The third-order valence-corrected chi connectivity index (χ3v) is 4.66. The molecule has 1 aromatic carbocycles. The van der Waals surface area contributed by atoms with Crippen molar-refractivity contribution in [1.82, 2.24) is 10.2 Å². The molecule has 3 rings (SSSR count). The van der Waals surface area contributed by atoms with Crippen LogP contribution in [0, 0.1) is 0 Å². The second-order valence-corrected chi connectivity index (χ2v) is 6.68. The number of carbonyl (C=O) groups excluding carboxylic acids is 1. The van der Waals surface area contributed by atoms with Crippen molar-refractivity contribution in [2.75, 3.05) is 26.3 Å². The molecule has 1 aliphatic rings. The summed E-state index contributed by atoms with van der Waals surface area (Å²) in [6.07, 6.45) is -4.02. The Kier molecular flexibility index (Phi) is 8.13. The molecular formula is C20H24ClF3N2O3. The number of nitrogens with one attached hydrogen (secondary N) is 1. The van der Waals surface area contributed by atoms with E-state index < -0.39 is 11.7 Å². The molecule has 1 fully saturated rings. The Morgan fingerprint density at radius 1 is 1.21 bits per heavy atom. The van der Waals surface area contributed by atoms with E-state index in [9.17, 15) is 18.0 Å². The van der Waals surface area contributed by atoms with Gasteiger partial charge < -0.3 is 19.4 Å². The van der Waals surface area contributed by atoms with Gasteiger partial charge in [0.2, 0.25) is 5.91 Å². The molecule has 0 spiro atoms. The lowest BCUT2D eigenvalue weighted by molar-refractivity contribution is -0.137. The summed E-state index contributed by atoms with van der Waals surface area (Å²) < 4.78 is 49.2. The highest BCUT2D eigenvalue weighted by atomic mass is 35.5. The van der Waals surface area contributed by atoms with Crippen molar-refractivity contribution in [1.29, 1.82) is 0 Å². The maximum atomic E-state index is 12.7. The predicted octanol–water partition coefficient (Wildman–Crippen LogP) is 4.11. The number of hydrogen-bond donors (Lipinski definition) is 1. The molecular weight excluding hydrogens is 409 g/mol. The van der Waals surface area contributed by atoms with Crippen LogP contribution in [0.15, 0.2) is 40.8 Å². The molecule has 1 N–H and O–H groups in total. The van der Waals surface area contributed by atoms with Gasteiger partial charge in [0.15, 0.2) is 0 Å². The van der Waals surface area contributed by atoms with E-state index in [0.717, 1.165) is 18.7 Å². The summed E-state index contributed by atoms with van der Waals surface area (Å²) >= 11 is 0. The maximum Gasteiger partial charge on any atom is 0.416 e. The molecule has 1 atom stereocenters. The van der Waals surface area contributed by atoms with Crippen LogP contribution in [-0.4, -0.2) is 43.2 Å². The summed E-state index contributed by atoms with van der Waals surface area (Å²) in [5.41, 5.74) is -0.150. The van der Waals surface area contributed by atoms with Crippen LogP contribution in [0.2, 0.25) is 0 Å². The van der Waals surface area contributed by atoms with Crippen molar-refractivity contribution in [3.63, 3.8) is 0 Å². The van der Waals surface area contributed by atoms with Gasteiger partial charge in [-0.15, -0.1) is 12.4 Å². The van der Waals surface area contributed by atoms with Crippen molar-refractivity contribution in [3.05, 3.63) is 47.7 Å². The topological polar surface area (TPSA) is 54.7 Å². The molecule has 0 radical (unpaired) electrons. The lowest BCUT2D eigenvalue weighted by Gasteiger charge is -2.26. The first-order valence-corrected chi connectivity index (χ1v) is 9.22. The molecule has 0 saturated carbocycles. The summed E-state index contributed by atoms with van der Waals surface area (Å²) in [4.78, 5) is 14.2. The zero-order valence-corrected chi connectivity index (χ0v) is 16.8. The predicted molar refractivity (Wildman–Crippen MR) is 105 cm³/mol. The minimum absolute atomic E-state index is 0. The number of benzene rings is 1. The first kappa shape index (κ1) is 23.3. The van der Waals surface area contributed by atoms with Gasteiger partial charge in [0.1, 0.15) is 11.5 Å². The molecule has 2 aromatic rings. The van der Waals surface area contributed by atoms with E-state index in [1.807, 2.05) is 6.92 Å². The molecule has 29 heavy (non-hydrogen) atoms. The SMILES string of the molecule is CCN(Cc1ccc(-c2ccc(C(F)(F)F)cc2)o1)C(=O)CC1COCCN1.Cl. The fraction of sp³-hybridized carbons (Fsp3) is 0.450. The van der Waals surface area contributed by atoms with E-state index in [-0.39, 0.29) is 24.4 Å². The number of carbonyl (C=O) groups is 1. The van der Waals surface area contributed by atoms with Crippen molar-refractivity contribution in [3.8, 4) is 11.3 Å². The Labute approximate surface area is 173 Å². The largest absolute Gasteiger partial charge is 0.459 e. The first-order chi connectivity index (χ1) is 13.4. The van der Waals surface area contributed by atoms with Gasteiger partial charge in [-0.05, 0) is 31.2 Å². The van der Waals surface area contributed by atoms with Crippen LogP contribution < -0.4 is 5.32 Å². The number of halogens is 4. The van der Waals surface area contributed by atoms with Gasteiger partial charge in [-0.25, -0.2) is 0 Å². The number of amides is 1. The average Bonchev–Trinajstić information content (AvgIpc) is 3.15. The molecule has 0 aliphatic carbocycles. The Morgan fingerprint density at radius 2 is 1.93 bits per heavy atom. The lowest BCUT2D eigenvalue weighted by Crippen LogP contribution is -2.45. The van der Waals surface area contributed by atoms with Crippen molar-refractivity contribution >= 4 is 18.3 Å². The number of alkyl halides is 3. The summed E-state index contributed by atoms with van der Waals surface area (Å²) in [7, 11) is 0. The number of furan rings is 1. The molecule has 5 nitrogen and oxygen atoms in total. The van der Waals surface area contributed by atoms with Gasteiger partial charge in [0.05, 0.1) is 25.3 Å². The summed E-state index contributed by atoms with van der Waals surface area (Å²) in [5.74, 6) is 1.05. The number of ether oxygens (including phenoxy) is 1. The number of hydrogen-bond acceptors (Lipinski definition) is 4. The fourth-order valence-corrected chi connectivity index (χ4v) is 3.10. The zero-order chi connectivity index (χ0) is 20.1. The van der Waals surface area contributed by atoms with Crippen LogP contribution >= 0.6 is 12.4 Å². The summed E-state index contributed by atoms with van der Waals surface area (Å²) in [5, 5.41) is 3.26. The average molecular weight is 433 g/mol. The molecule has 0 bridgehead atoms. The minimum Gasteiger partial charge on any atom is -0.459 e. The smallest absolute Gasteiger partial charge is 0.416 e. The minimum atomic E-state index is -4.37. The van der Waals surface area contributed by atoms with E-state index in [0.29, 0.717) is 49.8 Å². The van der Waals surface area contributed by atoms with Gasteiger partial charge in [0.25, 0.3) is 0 Å². The highest BCUT2D eigenvalue weighted by Crippen LogP contribution is 2.31. The maximum absolute atomic E-state index is 12.7. The molecule has 1 saturated heterocycles. The molecule has 1 amide bonds. The molecule has 1 unspecified atom stereocenters. The van der Waals surface area contributed by atoms with Gasteiger partial charge in [0, 0.05) is 31.1 Å². The molecule has 1 aromatic heterocycles. The van der Waals surface area contributed by atoms with E-state index in [4.69, 9.17) is 9.15 Å². The van der Waals surface area contributed by atoms with Crippen LogP contribution in [0.4, 0.5) is 13.2 Å². The molecule has 1 aliphatic heterocycles. The second kappa shape index (κ2) is 10.1. The third kappa shape index (κ3) is 6.22. The second-order valence-electron chi connectivity index (χ2n) is 6.68. The van der Waals surface area contributed by atoms with Crippen LogP contribution in [0.25, 0.3) is 11.3 Å². The van der Waals surface area contributed by atoms with E-state index >= 15 is 0 Å². The highest BCUT2D eigenvalue weighted by molar-refractivity contribution is 5.85. The normalized spacial score (nSPS) is 16.9. The third-order valence-electron chi connectivity index (χ3n) is 4.66. The van der Waals surface area contributed by atoms with E-state index in [1.54, 1.807) is 17.0 Å². The molecule has 2 heterocycles. The number of rotatable bonds is 6. The zero-order valence-electron chi connectivity index (χ0n) is 16.0. The van der Waals surface area contributed by atoms with Gasteiger partial charge in [-0.2, -0.15) is 13.2 Å². The quantitative estimate of drug-likeness (QED) is 0.746. The van der Waals surface area contributed by atoms with E-state index in [1.165, 1.54) is 12.1 Å². The highest BCUT2D eigenvalue weighted by Gasteiger charge is 2.30. The van der Waals surface area contributed by atoms with Crippen LogP contribution in [0.1, 0.15) is 24.7 Å². The summed E-state index contributed by atoms with van der Waals surface area (Å²) in [6, 6.07) is 8.26. The Balaban J connectivity index is 0.00000300. The monoisotopic (exact) mass is 432 g/mol. The number of nitrogens with zero attached hydrogens (tertiary/aromatic N) is 1. The van der Waals surface area contributed by atoms with Crippen molar-refractivity contribution in [2.45, 2.75) is 32.1 Å². The standard InChI is InChI=1S/C20H23F3N2O3.ClH/c1-2-25(19(26)11-16-13-27-10-9-24-16)12-17-7-8-18(28-17)14-3-5-15(6-4-14)20(21,22)23;/h3-8,16,24H,2,9-13H2,1H3;1H. The first-order valence-electron chi connectivity index (χ1n) is 9.22. The fourth-order valence-electron chi connectivity index (χ4n) is 3.10. The van der Waals surface area contributed by atoms with Crippen molar-refractivity contribution in [2.24, 2.45) is 0 Å². The van der Waals surface area contributed by atoms with Crippen LogP contribution in [0.5, 0.6) is 0 Å². The van der Waals surface area contributed by atoms with E-state index in [2.05, 4.69) is 5.32 Å². The van der Waals surface area contributed by atoms with Crippen molar-refractivity contribution < 1.29 is 27.1 Å². The lowest BCUT2D eigenvalue weighted by atomic mass is 10.1. The van der Waals surface area contributed by atoms with Crippen LogP contribution in [0.3, 0.4) is 0 Å². The van der Waals surface area contributed by atoms with Gasteiger partial charge in [-0.1, -0.05) is 12.1 Å². The molecule has 9 heteroatoms.